The van der Waals surface area contributed by atoms with Crippen LogP contribution in [0.25, 0.3) is 0 Å². The predicted octanol–water partition coefficient (Wildman–Crippen LogP) is 4.86. The number of nitrogens with one attached hydrogen (secondary N) is 1. The molecule has 5 nitrogen and oxygen atoms in total. The highest BCUT2D eigenvalue weighted by molar-refractivity contribution is 5.78. The maximum absolute atomic E-state index is 12.0. The molecule has 3 N–H and O–H groups in total. The van der Waals surface area contributed by atoms with Crippen molar-refractivity contribution in [2.75, 3.05) is 13.1 Å². The molecule has 0 heterocycles. The zero-order chi connectivity index (χ0) is 20.3. The molecule has 0 rings (SSSR count). The van der Waals surface area contributed by atoms with Gasteiger partial charge in [0.05, 0.1) is 13.1 Å². The quantitative estimate of drug-likeness (QED) is 0.145. The number of carbonyl (C=O) groups is 2. The third-order valence-electron chi connectivity index (χ3n) is 4.76. The van der Waals surface area contributed by atoms with Gasteiger partial charge in [-0.05, 0) is 13.3 Å². The third-order valence-corrected chi connectivity index (χ3v) is 4.76. The Morgan fingerprint density at radius 1 is 0.852 bits per heavy atom. The largest absolute Gasteiger partial charge is 0.380 e. The average Bonchev–Trinajstić information content (AvgIpc) is 2.63. The lowest BCUT2D eigenvalue weighted by atomic mass is 10.0. The lowest BCUT2D eigenvalue weighted by Gasteiger charge is -2.18. The minimum atomic E-state index is -0.0659. The van der Waals surface area contributed by atoms with Crippen LogP contribution in [0.4, 0.5) is 0 Å². The van der Waals surface area contributed by atoms with Gasteiger partial charge in [0, 0.05) is 12.1 Å². The molecular formula is C22H43N3O2. The lowest BCUT2D eigenvalue weighted by Crippen LogP contribution is -2.41. The number of rotatable bonds is 19. The monoisotopic (exact) mass is 381 g/mol. The molecule has 1 amide bonds. The van der Waals surface area contributed by atoms with Crippen LogP contribution in [0.2, 0.25) is 0 Å². The Kier molecular flexibility index (Phi) is 17.1. The van der Waals surface area contributed by atoms with E-state index in [1.54, 1.807) is 0 Å². The standard InChI is InChI=1S/C22H43N3O2/c1-4-5-6-7-8-9-10-11-12-13-14-15-16-17-22(27)25(23)19-20(2)24-18-21(3)26/h24H,2,4-19,23H2,1,3H3. The molecule has 0 saturated heterocycles. The van der Waals surface area contributed by atoms with E-state index in [0.29, 0.717) is 12.1 Å². The van der Waals surface area contributed by atoms with E-state index in [1.165, 1.54) is 82.6 Å². The molecule has 0 unspecified atom stereocenters. The van der Waals surface area contributed by atoms with Crippen molar-refractivity contribution in [2.24, 2.45) is 5.84 Å². The summed E-state index contributed by atoms with van der Waals surface area (Å²) in [6.07, 6.45) is 17.2. The lowest BCUT2D eigenvalue weighted by molar-refractivity contribution is -0.131. The normalized spacial score (nSPS) is 10.6. The smallest absolute Gasteiger partial charge is 0.236 e. The van der Waals surface area contributed by atoms with Crippen LogP contribution in [-0.2, 0) is 9.59 Å². The molecule has 0 aliphatic carbocycles. The van der Waals surface area contributed by atoms with Crippen molar-refractivity contribution in [3.05, 3.63) is 12.3 Å². The van der Waals surface area contributed by atoms with Crippen molar-refractivity contribution in [1.82, 2.24) is 10.3 Å². The number of carbonyl (C=O) groups excluding carboxylic acids is 2. The first kappa shape index (κ1) is 25.6. The summed E-state index contributed by atoms with van der Waals surface area (Å²) in [4.78, 5) is 22.9. The molecule has 0 aromatic rings. The van der Waals surface area contributed by atoms with E-state index >= 15 is 0 Å². The molecule has 0 aromatic heterocycles. The van der Waals surface area contributed by atoms with Gasteiger partial charge in [-0.25, -0.2) is 5.84 Å². The van der Waals surface area contributed by atoms with Gasteiger partial charge in [0.15, 0.2) is 0 Å². The highest BCUT2D eigenvalue weighted by atomic mass is 16.2. The zero-order valence-electron chi connectivity index (χ0n) is 17.9. The van der Waals surface area contributed by atoms with Crippen LogP contribution in [0.15, 0.2) is 12.3 Å². The Hall–Kier alpha value is -1.36. The summed E-state index contributed by atoms with van der Waals surface area (Å²) in [6.45, 7) is 8.00. The van der Waals surface area contributed by atoms with E-state index in [2.05, 4.69) is 18.8 Å². The fourth-order valence-electron chi connectivity index (χ4n) is 3.04. The molecule has 158 valence electrons. The van der Waals surface area contributed by atoms with Crippen LogP contribution < -0.4 is 11.2 Å². The van der Waals surface area contributed by atoms with Gasteiger partial charge >= 0.3 is 0 Å². The van der Waals surface area contributed by atoms with Crippen molar-refractivity contribution >= 4 is 11.7 Å². The van der Waals surface area contributed by atoms with Gasteiger partial charge in [-0.2, -0.15) is 0 Å². The van der Waals surface area contributed by atoms with Crippen LogP contribution in [0.1, 0.15) is 104 Å². The van der Waals surface area contributed by atoms with Crippen LogP contribution >= 0.6 is 0 Å². The maximum Gasteiger partial charge on any atom is 0.236 e. The van der Waals surface area contributed by atoms with Crippen LogP contribution in [-0.4, -0.2) is 29.8 Å². The zero-order valence-corrected chi connectivity index (χ0v) is 17.9. The molecule has 0 aliphatic rings. The second-order valence-corrected chi connectivity index (χ2v) is 7.67. The SMILES string of the molecule is C=C(CN(N)C(=O)CCCCCCCCCCCCCCC)NCC(C)=O. The number of unbranched alkanes of at least 4 members (excludes halogenated alkanes) is 12. The predicted molar refractivity (Wildman–Crippen MR) is 114 cm³/mol. The van der Waals surface area contributed by atoms with Crippen molar-refractivity contribution in [2.45, 2.75) is 104 Å². The third kappa shape index (κ3) is 17.8. The number of amides is 1. The first-order chi connectivity index (χ1) is 13.0. The Balaban J connectivity index is 3.44. The molecule has 0 fully saturated rings. The molecule has 0 saturated carbocycles. The Labute approximate surface area is 167 Å². The van der Waals surface area contributed by atoms with Gasteiger partial charge in [-0.1, -0.05) is 90.6 Å². The summed E-state index contributed by atoms with van der Waals surface area (Å²) in [6, 6.07) is 0. The van der Waals surface area contributed by atoms with E-state index in [1.807, 2.05) is 0 Å². The molecule has 5 heteroatoms. The summed E-state index contributed by atoms with van der Waals surface area (Å²) in [5.74, 6) is 5.73. The number of Topliss-reactive ketones (excluding diaryl/α,β-unsaturated/α-hetero) is 1. The van der Waals surface area contributed by atoms with Crippen molar-refractivity contribution in [3.63, 3.8) is 0 Å². The Morgan fingerprint density at radius 3 is 1.74 bits per heavy atom. The minimum absolute atomic E-state index is 0.0259. The second-order valence-electron chi connectivity index (χ2n) is 7.67. The summed E-state index contributed by atoms with van der Waals surface area (Å²) in [7, 11) is 0. The van der Waals surface area contributed by atoms with Gasteiger partial charge in [0.1, 0.15) is 5.78 Å². The molecule has 0 aromatic carbocycles. The molecule has 0 aliphatic heterocycles. The fraction of sp³-hybridized carbons (Fsp3) is 0.818. The average molecular weight is 382 g/mol. The van der Waals surface area contributed by atoms with Crippen molar-refractivity contribution < 1.29 is 9.59 Å². The number of hydrogen-bond acceptors (Lipinski definition) is 4. The summed E-state index contributed by atoms with van der Waals surface area (Å²) >= 11 is 0. The molecule has 0 bridgehead atoms. The fourth-order valence-corrected chi connectivity index (χ4v) is 3.04. The molecule has 27 heavy (non-hydrogen) atoms. The summed E-state index contributed by atoms with van der Waals surface area (Å²) < 4.78 is 0. The second kappa shape index (κ2) is 18.0. The van der Waals surface area contributed by atoms with E-state index in [-0.39, 0.29) is 24.8 Å². The van der Waals surface area contributed by atoms with Gasteiger partial charge < -0.3 is 5.32 Å². The molecule has 0 radical (unpaired) electrons. The van der Waals surface area contributed by atoms with Gasteiger partial charge in [-0.3, -0.25) is 14.6 Å². The van der Waals surface area contributed by atoms with Gasteiger partial charge in [0.2, 0.25) is 5.91 Å². The number of hydrogen-bond donors (Lipinski definition) is 2. The van der Waals surface area contributed by atoms with Crippen molar-refractivity contribution in [1.29, 1.82) is 0 Å². The van der Waals surface area contributed by atoms with Crippen LogP contribution in [0.3, 0.4) is 0 Å². The van der Waals surface area contributed by atoms with Crippen molar-refractivity contribution in [3.8, 4) is 0 Å². The van der Waals surface area contributed by atoms with Crippen LogP contribution in [0.5, 0.6) is 0 Å². The van der Waals surface area contributed by atoms with Gasteiger partial charge in [0.25, 0.3) is 0 Å². The first-order valence-corrected chi connectivity index (χ1v) is 10.9. The highest BCUT2D eigenvalue weighted by Gasteiger charge is 2.10. The number of nitrogens with two attached hydrogens (primary N) is 1. The summed E-state index contributed by atoms with van der Waals surface area (Å²) in [5.41, 5.74) is 0.589. The first-order valence-electron chi connectivity index (χ1n) is 10.9. The van der Waals surface area contributed by atoms with E-state index in [0.717, 1.165) is 12.8 Å². The maximum atomic E-state index is 12.0. The number of nitrogens with zero attached hydrogens (tertiary/aromatic N) is 1. The van der Waals surface area contributed by atoms with E-state index in [9.17, 15) is 9.59 Å². The minimum Gasteiger partial charge on any atom is -0.380 e. The van der Waals surface area contributed by atoms with E-state index < -0.39 is 0 Å². The van der Waals surface area contributed by atoms with Gasteiger partial charge in [-0.15, -0.1) is 0 Å². The van der Waals surface area contributed by atoms with E-state index in [4.69, 9.17) is 5.84 Å². The number of hydrazine groups is 1. The molecular weight excluding hydrogens is 338 g/mol. The Morgan fingerprint density at radius 2 is 1.30 bits per heavy atom. The number of ketones is 1. The topological polar surface area (TPSA) is 75.4 Å². The Bertz CT molecular complexity index is 410. The summed E-state index contributed by atoms with van der Waals surface area (Å²) in [5, 5.41) is 4.06. The molecule has 0 atom stereocenters. The van der Waals surface area contributed by atoms with Crippen LogP contribution in [0, 0.1) is 0 Å². The highest BCUT2D eigenvalue weighted by Crippen LogP contribution is 2.13. The molecule has 0 spiro atoms.